The van der Waals surface area contributed by atoms with Crippen molar-refractivity contribution in [3.8, 4) is 11.1 Å². The van der Waals surface area contributed by atoms with Gasteiger partial charge in [-0.3, -0.25) is 0 Å². The standard InChI is InChI=1S/C25H20N2.C17H16F6N2/c26-19-13-9-17(10-14-19)25(18-11-15-20(27)16-12-18)23-7-3-1-5-21(23)22-6-2-4-8-24(22)25;1-9-3-5-11(7-13(9)24)15(16(18,19)20,17(21,22)23)12-6-4-10(2)14(25)8-12/h1-16H,26-27H2;3-8H,24-25H2,1-2H3. The van der Waals surface area contributed by atoms with Crippen LogP contribution in [0.5, 0.6) is 0 Å². The largest absolute Gasteiger partial charge is 0.411 e. The van der Waals surface area contributed by atoms with Crippen LogP contribution >= 0.6 is 0 Å². The van der Waals surface area contributed by atoms with Gasteiger partial charge < -0.3 is 22.9 Å². The zero-order valence-electron chi connectivity index (χ0n) is 28.3. The molecule has 1 aliphatic rings. The highest BCUT2D eigenvalue weighted by molar-refractivity contribution is 5.86. The van der Waals surface area contributed by atoms with E-state index >= 15 is 0 Å². The van der Waals surface area contributed by atoms with E-state index in [1.54, 1.807) is 0 Å². The first kappa shape index (κ1) is 35.9. The maximum atomic E-state index is 13.9. The predicted molar refractivity (Wildman–Crippen MR) is 197 cm³/mol. The Bertz CT molecular complexity index is 2080. The molecule has 0 aromatic heterocycles. The molecule has 0 spiro atoms. The van der Waals surface area contributed by atoms with Crippen molar-refractivity contribution in [2.75, 3.05) is 22.9 Å². The van der Waals surface area contributed by atoms with Crippen molar-refractivity contribution in [1.82, 2.24) is 0 Å². The van der Waals surface area contributed by atoms with Crippen LogP contribution in [0.15, 0.2) is 133 Å². The molecule has 0 saturated heterocycles. The second-order valence-electron chi connectivity index (χ2n) is 13.0. The first-order valence-corrected chi connectivity index (χ1v) is 16.3. The summed E-state index contributed by atoms with van der Waals surface area (Å²) in [4.78, 5) is 0. The highest BCUT2D eigenvalue weighted by Gasteiger charge is 2.72. The van der Waals surface area contributed by atoms with Crippen LogP contribution in [0.1, 0.15) is 44.5 Å². The monoisotopic (exact) mass is 710 g/mol. The van der Waals surface area contributed by atoms with Gasteiger partial charge in [0.05, 0.1) is 5.41 Å². The lowest BCUT2D eigenvalue weighted by atomic mass is 9.67. The van der Waals surface area contributed by atoms with E-state index in [9.17, 15) is 26.3 Å². The molecule has 6 aromatic carbocycles. The van der Waals surface area contributed by atoms with Gasteiger partial charge in [-0.2, -0.15) is 26.3 Å². The third kappa shape index (κ3) is 5.68. The van der Waals surface area contributed by atoms with Crippen LogP contribution in [-0.2, 0) is 10.8 Å². The minimum Gasteiger partial charge on any atom is -0.399 e. The summed E-state index contributed by atoms with van der Waals surface area (Å²) in [5.74, 6) is 0. The van der Waals surface area contributed by atoms with Crippen molar-refractivity contribution in [2.45, 2.75) is 37.0 Å². The number of halogens is 6. The van der Waals surface area contributed by atoms with Gasteiger partial charge in [0.25, 0.3) is 0 Å². The second kappa shape index (κ2) is 13.0. The molecular formula is C42H36F6N4. The number of hydrogen-bond acceptors (Lipinski definition) is 4. The molecule has 0 saturated carbocycles. The Morgan fingerprint density at radius 3 is 1.12 bits per heavy atom. The Morgan fingerprint density at radius 1 is 0.442 bits per heavy atom. The number of nitrogens with two attached hydrogens (primary N) is 4. The fourth-order valence-corrected chi connectivity index (χ4v) is 7.22. The van der Waals surface area contributed by atoms with Gasteiger partial charge >= 0.3 is 12.4 Å². The number of rotatable bonds is 4. The minimum atomic E-state index is -5.66. The van der Waals surface area contributed by atoms with Gasteiger partial charge in [0.15, 0.2) is 0 Å². The number of nitrogen functional groups attached to an aromatic ring is 4. The summed E-state index contributed by atoms with van der Waals surface area (Å²) in [6.07, 6.45) is -11.3. The van der Waals surface area contributed by atoms with Crippen LogP contribution in [-0.4, -0.2) is 12.4 Å². The fourth-order valence-electron chi connectivity index (χ4n) is 7.22. The molecule has 0 heterocycles. The normalized spacial score (nSPS) is 13.5. The molecule has 8 N–H and O–H groups in total. The third-order valence-corrected chi connectivity index (χ3v) is 9.91. The molecule has 0 fully saturated rings. The lowest BCUT2D eigenvalue weighted by Gasteiger charge is -2.38. The zero-order chi connectivity index (χ0) is 37.6. The van der Waals surface area contributed by atoms with Crippen LogP contribution < -0.4 is 22.9 Å². The fraction of sp³-hybridized carbons (Fsp3) is 0.143. The van der Waals surface area contributed by atoms with Crippen molar-refractivity contribution < 1.29 is 26.3 Å². The highest BCUT2D eigenvalue weighted by Crippen LogP contribution is 2.58. The van der Waals surface area contributed by atoms with Gasteiger partial charge in [-0.15, -0.1) is 0 Å². The molecule has 0 unspecified atom stereocenters. The van der Waals surface area contributed by atoms with Gasteiger partial charge in [0.2, 0.25) is 5.41 Å². The molecule has 0 atom stereocenters. The van der Waals surface area contributed by atoms with Crippen molar-refractivity contribution in [1.29, 1.82) is 0 Å². The van der Waals surface area contributed by atoms with E-state index in [1.165, 1.54) is 47.2 Å². The molecule has 10 heteroatoms. The Hall–Kier alpha value is -5.90. The minimum absolute atomic E-state index is 0.157. The number of alkyl halides is 6. The SMILES string of the molecule is Cc1ccc(C(c2ccc(C)c(N)c2)(C(F)(F)F)C(F)(F)F)cc1N.Nc1ccc(C2(c3ccc(N)cc3)c3ccccc3-c3ccccc32)cc1. The molecule has 1 aliphatic carbocycles. The van der Waals surface area contributed by atoms with Gasteiger partial charge in [0.1, 0.15) is 0 Å². The Kier molecular flexibility index (Phi) is 8.99. The summed E-state index contributed by atoms with van der Waals surface area (Å²) in [5, 5.41) is 0. The molecule has 4 nitrogen and oxygen atoms in total. The Labute approximate surface area is 297 Å². The molecule has 7 rings (SSSR count). The molecule has 0 aliphatic heterocycles. The Balaban J connectivity index is 0.000000179. The second-order valence-corrected chi connectivity index (χ2v) is 13.0. The first-order chi connectivity index (χ1) is 24.5. The topological polar surface area (TPSA) is 104 Å². The number of anilines is 4. The Morgan fingerprint density at radius 2 is 0.788 bits per heavy atom. The summed E-state index contributed by atoms with van der Waals surface area (Å²) < 4.78 is 83.4. The van der Waals surface area contributed by atoms with E-state index in [4.69, 9.17) is 22.9 Å². The van der Waals surface area contributed by atoms with Crippen LogP contribution in [0.25, 0.3) is 11.1 Å². The van der Waals surface area contributed by atoms with Crippen molar-refractivity contribution >= 4 is 22.7 Å². The number of hydrogen-bond donors (Lipinski definition) is 4. The summed E-state index contributed by atoms with van der Waals surface area (Å²) in [7, 11) is 0. The van der Waals surface area contributed by atoms with E-state index < -0.39 is 28.9 Å². The van der Waals surface area contributed by atoms with E-state index in [-0.39, 0.29) is 16.8 Å². The number of aryl methyl sites for hydroxylation is 2. The molecule has 0 radical (unpaired) electrons. The average Bonchev–Trinajstić information content (AvgIpc) is 3.39. The van der Waals surface area contributed by atoms with E-state index in [0.717, 1.165) is 35.6 Å². The zero-order valence-corrected chi connectivity index (χ0v) is 28.3. The van der Waals surface area contributed by atoms with E-state index in [0.29, 0.717) is 23.3 Å². The van der Waals surface area contributed by atoms with Crippen molar-refractivity contribution in [3.05, 3.63) is 178 Å². The smallest absolute Gasteiger partial charge is 0.399 e. The maximum absolute atomic E-state index is 13.9. The van der Waals surface area contributed by atoms with Crippen LogP contribution in [0.3, 0.4) is 0 Å². The number of fused-ring (bicyclic) bond motifs is 3. The molecule has 52 heavy (non-hydrogen) atoms. The van der Waals surface area contributed by atoms with Crippen LogP contribution in [0.4, 0.5) is 49.1 Å². The average molecular weight is 711 g/mol. The summed E-state index contributed by atoms with van der Waals surface area (Å²) in [6.45, 7) is 2.98. The van der Waals surface area contributed by atoms with Gasteiger partial charge in [0, 0.05) is 22.7 Å². The summed E-state index contributed by atoms with van der Waals surface area (Å²) in [5.41, 5.74) is 26.1. The van der Waals surface area contributed by atoms with Crippen LogP contribution in [0, 0.1) is 13.8 Å². The predicted octanol–water partition coefficient (Wildman–Crippen LogP) is 10.1. The molecule has 0 bridgehead atoms. The first-order valence-electron chi connectivity index (χ1n) is 16.3. The van der Waals surface area contributed by atoms with Gasteiger partial charge in [-0.1, -0.05) is 97.1 Å². The number of benzene rings is 6. The quantitative estimate of drug-likeness (QED) is 0.108. The highest BCUT2D eigenvalue weighted by atomic mass is 19.4. The van der Waals surface area contributed by atoms with E-state index in [1.807, 2.05) is 24.3 Å². The maximum Gasteiger partial charge on any atom is 0.411 e. The van der Waals surface area contributed by atoms with Gasteiger partial charge in [-0.05, 0) is 106 Å². The lowest BCUT2D eigenvalue weighted by molar-refractivity contribution is -0.288. The van der Waals surface area contributed by atoms with Crippen LogP contribution in [0.2, 0.25) is 0 Å². The molecule has 0 amide bonds. The van der Waals surface area contributed by atoms with Crippen molar-refractivity contribution in [3.63, 3.8) is 0 Å². The molecular weight excluding hydrogens is 674 g/mol. The van der Waals surface area contributed by atoms with E-state index in [2.05, 4.69) is 72.8 Å². The lowest BCUT2D eigenvalue weighted by Crippen LogP contribution is -2.54. The molecule has 266 valence electrons. The summed E-state index contributed by atoms with van der Waals surface area (Å²) in [6, 6.07) is 39.2. The van der Waals surface area contributed by atoms with Crippen molar-refractivity contribution in [2.24, 2.45) is 0 Å². The summed E-state index contributed by atoms with van der Waals surface area (Å²) >= 11 is 0. The molecule has 6 aromatic rings. The van der Waals surface area contributed by atoms with Gasteiger partial charge in [-0.25, -0.2) is 0 Å². The third-order valence-electron chi connectivity index (χ3n) is 9.91.